The van der Waals surface area contributed by atoms with E-state index in [0.717, 1.165) is 12.8 Å². The Hall–Kier alpha value is -1.95. The van der Waals surface area contributed by atoms with Crippen molar-refractivity contribution in [2.24, 2.45) is 17.6 Å². The number of carbonyl (C=O) groups is 1. The maximum absolute atomic E-state index is 12.6. The molecular formula is C16H20N4O3S. The van der Waals surface area contributed by atoms with E-state index in [1.807, 2.05) is 11.0 Å². The first-order valence-corrected chi connectivity index (χ1v) is 9.40. The summed E-state index contributed by atoms with van der Waals surface area (Å²) < 4.78 is 28.1. The summed E-state index contributed by atoms with van der Waals surface area (Å²) in [6, 6.07) is 7.67. The van der Waals surface area contributed by atoms with Gasteiger partial charge in [0.05, 0.1) is 23.1 Å². The molecule has 1 saturated carbocycles. The molecule has 0 aromatic heterocycles. The van der Waals surface area contributed by atoms with Crippen LogP contribution in [0.2, 0.25) is 0 Å². The maximum Gasteiger partial charge on any atom is 0.240 e. The number of sulfonamides is 1. The quantitative estimate of drug-likeness (QED) is 0.752. The van der Waals surface area contributed by atoms with Crippen LogP contribution in [0.25, 0.3) is 0 Å². The molecule has 1 aromatic carbocycles. The van der Waals surface area contributed by atoms with E-state index in [9.17, 15) is 13.2 Å². The second-order valence-electron chi connectivity index (χ2n) is 6.53. The van der Waals surface area contributed by atoms with Crippen LogP contribution in [0.15, 0.2) is 29.2 Å². The highest BCUT2D eigenvalue weighted by atomic mass is 32.2. The molecular weight excluding hydrogens is 328 g/mol. The summed E-state index contributed by atoms with van der Waals surface area (Å²) in [5.74, 6) is 0.286. The summed E-state index contributed by atoms with van der Waals surface area (Å²) >= 11 is 0. The van der Waals surface area contributed by atoms with Crippen LogP contribution in [0.1, 0.15) is 18.4 Å². The van der Waals surface area contributed by atoms with Gasteiger partial charge in [-0.2, -0.15) is 5.26 Å². The number of nitrogens with one attached hydrogen (secondary N) is 1. The van der Waals surface area contributed by atoms with Crippen molar-refractivity contribution in [3.05, 3.63) is 29.8 Å². The van der Waals surface area contributed by atoms with E-state index in [2.05, 4.69) is 4.72 Å². The lowest BCUT2D eigenvalue weighted by Crippen LogP contribution is -2.41. The minimum atomic E-state index is -3.71. The Kier molecular flexibility index (Phi) is 4.58. The summed E-state index contributed by atoms with van der Waals surface area (Å²) in [6.07, 6.45) is 2.19. The van der Waals surface area contributed by atoms with Crippen molar-refractivity contribution in [1.82, 2.24) is 9.62 Å². The van der Waals surface area contributed by atoms with Crippen molar-refractivity contribution in [3.63, 3.8) is 0 Å². The van der Waals surface area contributed by atoms with Crippen LogP contribution in [0, 0.1) is 23.2 Å². The fourth-order valence-electron chi connectivity index (χ4n) is 3.39. The number of likely N-dealkylation sites (tertiary alicyclic amines) is 1. The lowest BCUT2D eigenvalue weighted by atomic mass is 9.99. The van der Waals surface area contributed by atoms with Crippen molar-refractivity contribution < 1.29 is 13.2 Å². The van der Waals surface area contributed by atoms with Gasteiger partial charge in [0.2, 0.25) is 15.9 Å². The van der Waals surface area contributed by atoms with Crippen LogP contribution in [0.3, 0.4) is 0 Å². The SMILES string of the molecule is N#Cc1cccc(S(=O)(=O)N[C@@H]2CN(CC(N)=O)C[C@H]2C2CC2)c1. The van der Waals surface area contributed by atoms with E-state index >= 15 is 0 Å². The van der Waals surface area contributed by atoms with Crippen LogP contribution in [0.5, 0.6) is 0 Å². The molecule has 0 radical (unpaired) electrons. The fourth-order valence-corrected chi connectivity index (χ4v) is 4.71. The second-order valence-corrected chi connectivity index (χ2v) is 8.24. The average molecular weight is 348 g/mol. The fraction of sp³-hybridized carbons (Fsp3) is 0.500. The molecule has 1 heterocycles. The molecule has 2 atom stereocenters. The highest BCUT2D eigenvalue weighted by molar-refractivity contribution is 7.89. The lowest BCUT2D eigenvalue weighted by molar-refractivity contribution is -0.118. The Labute approximate surface area is 141 Å². The maximum atomic E-state index is 12.6. The number of benzene rings is 1. The largest absolute Gasteiger partial charge is 0.369 e. The van der Waals surface area contributed by atoms with Gasteiger partial charge in [0.25, 0.3) is 0 Å². The standard InChI is InChI=1S/C16H20N4O3S/c17-7-11-2-1-3-13(6-11)24(22,23)19-15-9-20(10-16(18)21)8-14(15)12-4-5-12/h1-3,6,12,14-15,19H,4-5,8-10H2,(H2,18,21)/t14-,15+/m0/s1. The Bertz CT molecular complexity index is 783. The predicted molar refractivity (Wildman–Crippen MR) is 87.1 cm³/mol. The number of carbonyl (C=O) groups excluding carboxylic acids is 1. The van der Waals surface area contributed by atoms with Gasteiger partial charge in [-0.1, -0.05) is 6.07 Å². The molecule has 1 aromatic rings. The topological polar surface area (TPSA) is 116 Å². The van der Waals surface area contributed by atoms with Crippen molar-refractivity contribution in [2.75, 3.05) is 19.6 Å². The van der Waals surface area contributed by atoms with Crippen LogP contribution in [-0.2, 0) is 14.8 Å². The van der Waals surface area contributed by atoms with E-state index in [0.29, 0.717) is 24.6 Å². The normalized spacial score (nSPS) is 24.6. The second kappa shape index (κ2) is 6.51. The summed E-state index contributed by atoms with van der Waals surface area (Å²) in [5.41, 5.74) is 5.56. The van der Waals surface area contributed by atoms with Gasteiger partial charge in [-0.25, -0.2) is 13.1 Å². The minimum Gasteiger partial charge on any atom is -0.369 e. The third-order valence-corrected chi connectivity index (χ3v) is 6.12. The van der Waals surface area contributed by atoms with E-state index < -0.39 is 15.9 Å². The molecule has 128 valence electrons. The summed E-state index contributed by atoms with van der Waals surface area (Å²) in [5, 5.41) is 8.94. The van der Waals surface area contributed by atoms with E-state index in [-0.39, 0.29) is 23.4 Å². The predicted octanol–water partition coefficient (Wildman–Crippen LogP) is 0.0323. The number of nitriles is 1. The number of rotatable bonds is 6. The molecule has 3 N–H and O–H groups in total. The molecule has 1 saturated heterocycles. The first kappa shape index (κ1) is 16.9. The highest BCUT2D eigenvalue weighted by Crippen LogP contribution is 2.41. The van der Waals surface area contributed by atoms with E-state index in [4.69, 9.17) is 11.0 Å². The third-order valence-electron chi connectivity index (χ3n) is 4.63. The molecule has 1 aliphatic carbocycles. The molecule has 3 rings (SSSR count). The number of hydrogen-bond acceptors (Lipinski definition) is 5. The minimum absolute atomic E-state index is 0.0875. The molecule has 1 aliphatic heterocycles. The van der Waals surface area contributed by atoms with Crippen LogP contribution in [0.4, 0.5) is 0 Å². The molecule has 8 heteroatoms. The molecule has 24 heavy (non-hydrogen) atoms. The van der Waals surface area contributed by atoms with Gasteiger partial charge < -0.3 is 5.73 Å². The average Bonchev–Trinajstić information content (AvgIpc) is 3.30. The lowest BCUT2D eigenvalue weighted by Gasteiger charge is -2.19. The van der Waals surface area contributed by atoms with Gasteiger partial charge in [-0.15, -0.1) is 0 Å². The molecule has 0 spiro atoms. The summed E-state index contributed by atoms with van der Waals surface area (Å²) in [7, 11) is -3.71. The van der Waals surface area contributed by atoms with Gasteiger partial charge in [-0.05, 0) is 42.9 Å². The van der Waals surface area contributed by atoms with Crippen LogP contribution >= 0.6 is 0 Å². The zero-order valence-corrected chi connectivity index (χ0v) is 14.0. The Morgan fingerprint density at radius 3 is 2.75 bits per heavy atom. The number of primary amides is 1. The molecule has 2 fully saturated rings. The van der Waals surface area contributed by atoms with Crippen LogP contribution in [-0.4, -0.2) is 44.9 Å². The molecule has 2 aliphatic rings. The Balaban J connectivity index is 1.77. The highest BCUT2D eigenvalue weighted by Gasteiger charge is 2.44. The van der Waals surface area contributed by atoms with Crippen molar-refractivity contribution in [3.8, 4) is 6.07 Å². The van der Waals surface area contributed by atoms with Crippen molar-refractivity contribution >= 4 is 15.9 Å². The Morgan fingerprint density at radius 2 is 2.12 bits per heavy atom. The molecule has 7 nitrogen and oxygen atoms in total. The monoisotopic (exact) mass is 348 g/mol. The first-order valence-electron chi connectivity index (χ1n) is 7.92. The van der Waals surface area contributed by atoms with Crippen molar-refractivity contribution in [1.29, 1.82) is 5.26 Å². The van der Waals surface area contributed by atoms with Gasteiger partial charge in [0.1, 0.15) is 0 Å². The van der Waals surface area contributed by atoms with E-state index in [1.165, 1.54) is 12.1 Å². The summed E-state index contributed by atoms with van der Waals surface area (Å²) in [4.78, 5) is 13.1. The zero-order chi connectivity index (χ0) is 17.3. The van der Waals surface area contributed by atoms with Crippen LogP contribution < -0.4 is 10.5 Å². The Morgan fingerprint density at radius 1 is 1.38 bits per heavy atom. The van der Waals surface area contributed by atoms with E-state index in [1.54, 1.807) is 12.1 Å². The zero-order valence-electron chi connectivity index (χ0n) is 13.2. The van der Waals surface area contributed by atoms with Gasteiger partial charge in [0.15, 0.2) is 0 Å². The molecule has 0 unspecified atom stereocenters. The van der Waals surface area contributed by atoms with Gasteiger partial charge in [0, 0.05) is 19.1 Å². The number of nitrogens with zero attached hydrogens (tertiary/aromatic N) is 2. The smallest absolute Gasteiger partial charge is 0.240 e. The molecule has 0 bridgehead atoms. The third kappa shape index (κ3) is 3.75. The number of amides is 1. The molecule has 1 amide bonds. The van der Waals surface area contributed by atoms with Gasteiger partial charge in [-0.3, -0.25) is 9.69 Å². The summed E-state index contributed by atoms with van der Waals surface area (Å²) in [6.45, 7) is 1.30. The number of nitrogens with two attached hydrogens (primary N) is 1. The number of hydrogen-bond donors (Lipinski definition) is 2. The van der Waals surface area contributed by atoms with Gasteiger partial charge >= 0.3 is 0 Å². The first-order chi connectivity index (χ1) is 11.4. The van der Waals surface area contributed by atoms with Crippen molar-refractivity contribution in [2.45, 2.75) is 23.8 Å².